The van der Waals surface area contributed by atoms with Crippen LogP contribution in [0.3, 0.4) is 0 Å². The first kappa shape index (κ1) is 19.8. The largest absolute Gasteiger partial charge is 0.378 e. The van der Waals surface area contributed by atoms with Crippen molar-refractivity contribution >= 4 is 17.6 Å². The zero-order valence-electron chi connectivity index (χ0n) is 15.7. The number of urea groups is 1. The highest BCUT2D eigenvalue weighted by Gasteiger charge is 2.25. The van der Waals surface area contributed by atoms with Crippen LogP contribution in [0.25, 0.3) is 0 Å². The Morgan fingerprint density at radius 1 is 1.21 bits per heavy atom. The fraction of sp³-hybridized carbons (Fsp3) is 0.300. The topological polar surface area (TPSA) is 87.9 Å². The fourth-order valence-electron chi connectivity index (χ4n) is 3.06. The van der Waals surface area contributed by atoms with Crippen molar-refractivity contribution in [3.8, 4) is 0 Å². The molecular formula is C20H23FN4O3. The average Bonchev–Trinajstić information content (AvgIpc) is 2.72. The van der Waals surface area contributed by atoms with E-state index in [0.717, 1.165) is 11.6 Å². The minimum atomic E-state index is -0.578. The summed E-state index contributed by atoms with van der Waals surface area (Å²) in [6, 6.07) is 11.4. The lowest BCUT2D eigenvalue weighted by Gasteiger charge is -2.33. The first-order valence-electron chi connectivity index (χ1n) is 9.00. The lowest BCUT2D eigenvalue weighted by atomic mass is 10.1. The minimum absolute atomic E-state index is 0.0377. The van der Waals surface area contributed by atoms with Crippen molar-refractivity contribution in [1.82, 2.24) is 10.3 Å². The van der Waals surface area contributed by atoms with Crippen molar-refractivity contribution in [2.24, 2.45) is 5.84 Å². The maximum absolute atomic E-state index is 14.6. The quantitative estimate of drug-likeness (QED) is 0.479. The van der Waals surface area contributed by atoms with Gasteiger partial charge >= 0.3 is 6.03 Å². The average molecular weight is 386 g/mol. The number of nitrogens with zero attached hydrogens (tertiary/aromatic N) is 2. The zero-order valence-corrected chi connectivity index (χ0v) is 15.7. The molecule has 3 rings (SSSR count). The molecule has 0 radical (unpaired) electrons. The van der Waals surface area contributed by atoms with Crippen LogP contribution in [-0.2, 0) is 11.3 Å². The normalized spacial score (nSPS) is 13.9. The Morgan fingerprint density at radius 3 is 2.61 bits per heavy atom. The molecule has 0 bridgehead atoms. The summed E-state index contributed by atoms with van der Waals surface area (Å²) in [5.74, 6) is 3.94. The third-order valence-corrected chi connectivity index (χ3v) is 4.60. The number of hydrogen-bond donors (Lipinski definition) is 2. The SMILES string of the molecule is Cc1cccc(N(Cc2ccc(C(=O)NN)cc2F)C(=O)N2CCOCC2)c1. The van der Waals surface area contributed by atoms with E-state index in [2.05, 4.69) is 0 Å². The third kappa shape index (κ3) is 4.47. The van der Waals surface area contributed by atoms with E-state index < -0.39 is 11.7 Å². The molecule has 28 heavy (non-hydrogen) atoms. The van der Waals surface area contributed by atoms with Crippen LogP contribution in [-0.4, -0.2) is 43.1 Å². The molecule has 0 aromatic heterocycles. The Hall–Kier alpha value is -2.97. The van der Waals surface area contributed by atoms with Gasteiger partial charge in [-0.2, -0.15) is 0 Å². The molecule has 1 heterocycles. The van der Waals surface area contributed by atoms with Crippen LogP contribution in [0.2, 0.25) is 0 Å². The van der Waals surface area contributed by atoms with E-state index in [1.54, 1.807) is 9.80 Å². The van der Waals surface area contributed by atoms with E-state index >= 15 is 0 Å². The molecule has 1 aliphatic rings. The second-order valence-corrected chi connectivity index (χ2v) is 6.59. The highest BCUT2D eigenvalue weighted by molar-refractivity contribution is 5.94. The summed E-state index contributed by atoms with van der Waals surface area (Å²) < 4.78 is 19.9. The van der Waals surface area contributed by atoms with Gasteiger partial charge < -0.3 is 9.64 Å². The van der Waals surface area contributed by atoms with Crippen molar-refractivity contribution in [2.75, 3.05) is 31.2 Å². The first-order chi connectivity index (χ1) is 13.5. The van der Waals surface area contributed by atoms with Gasteiger partial charge in [0.2, 0.25) is 0 Å². The number of carbonyl (C=O) groups excluding carboxylic acids is 2. The van der Waals surface area contributed by atoms with E-state index in [4.69, 9.17) is 10.6 Å². The number of morpholine rings is 1. The maximum atomic E-state index is 14.6. The molecule has 148 valence electrons. The third-order valence-electron chi connectivity index (χ3n) is 4.60. The summed E-state index contributed by atoms with van der Waals surface area (Å²) in [7, 11) is 0. The van der Waals surface area contributed by atoms with Crippen LogP contribution in [0.15, 0.2) is 42.5 Å². The van der Waals surface area contributed by atoms with Crippen molar-refractivity contribution in [2.45, 2.75) is 13.5 Å². The number of anilines is 1. The summed E-state index contributed by atoms with van der Waals surface area (Å²) in [6.45, 7) is 3.89. The molecule has 1 aliphatic heterocycles. The monoisotopic (exact) mass is 386 g/mol. The van der Waals surface area contributed by atoms with E-state index in [-0.39, 0.29) is 18.1 Å². The molecule has 0 unspecified atom stereocenters. The number of nitrogen functional groups attached to an aromatic ring is 1. The standard InChI is InChI=1S/C20H23FN4O3/c1-14-3-2-4-17(11-14)25(20(27)24-7-9-28-10-8-24)13-16-6-5-15(12-18(16)21)19(26)23-22/h2-6,11-12H,7-10,13,22H2,1H3,(H,23,26). The highest BCUT2D eigenvalue weighted by Crippen LogP contribution is 2.23. The van der Waals surface area contributed by atoms with Gasteiger partial charge in [0.25, 0.3) is 5.91 Å². The number of carbonyl (C=O) groups is 2. The highest BCUT2D eigenvalue weighted by atomic mass is 19.1. The van der Waals surface area contributed by atoms with E-state index in [1.165, 1.54) is 12.1 Å². The Labute approximate surface area is 162 Å². The number of ether oxygens (including phenoxy) is 1. The van der Waals surface area contributed by atoms with Crippen molar-refractivity contribution in [3.05, 3.63) is 65.0 Å². The molecule has 0 aliphatic carbocycles. The number of hydrogen-bond acceptors (Lipinski definition) is 4. The van der Waals surface area contributed by atoms with Gasteiger partial charge in [-0.15, -0.1) is 0 Å². The van der Waals surface area contributed by atoms with Gasteiger partial charge in [-0.25, -0.2) is 15.0 Å². The number of rotatable bonds is 4. The molecule has 0 atom stereocenters. The molecule has 2 aromatic rings. The first-order valence-corrected chi connectivity index (χ1v) is 9.00. The smallest absolute Gasteiger partial charge is 0.324 e. The minimum Gasteiger partial charge on any atom is -0.378 e. The molecule has 1 saturated heterocycles. The van der Waals surface area contributed by atoms with Gasteiger partial charge in [0.15, 0.2) is 0 Å². The summed E-state index contributed by atoms with van der Waals surface area (Å²) in [5, 5.41) is 0. The lowest BCUT2D eigenvalue weighted by Crippen LogP contribution is -2.48. The summed E-state index contributed by atoms with van der Waals surface area (Å²) >= 11 is 0. The van der Waals surface area contributed by atoms with Crippen LogP contribution >= 0.6 is 0 Å². The number of halogens is 1. The Balaban J connectivity index is 1.91. The number of benzene rings is 2. The Kier molecular flexibility index (Phi) is 6.23. The predicted molar refractivity (Wildman–Crippen MR) is 103 cm³/mol. The van der Waals surface area contributed by atoms with Crippen LogP contribution in [0.5, 0.6) is 0 Å². The van der Waals surface area contributed by atoms with Crippen molar-refractivity contribution < 1.29 is 18.7 Å². The molecule has 0 saturated carbocycles. The molecule has 8 heteroatoms. The number of aryl methyl sites for hydroxylation is 1. The van der Waals surface area contributed by atoms with Crippen LogP contribution in [0, 0.1) is 12.7 Å². The molecule has 0 spiro atoms. The van der Waals surface area contributed by atoms with Crippen molar-refractivity contribution in [1.29, 1.82) is 0 Å². The molecule has 7 nitrogen and oxygen atoms in total. The molecule has 2 aromatic carbocycles. The molecule has 3 N–H and O–H groups in total. The summed E-state index contributed by atoms with van der Waals surface area (Å²) in [4.78, 5) is 28.0. The summed E-state index contributed by atoms with van der Waals surface area (Å²) in [6.07, 6.45) is 0. The second-order valence-electron chi connectivity index (χ2n) is 6.59. The van der Waals surface area contributed by atoms with Crippen LogP contribution in [0.4, 0.5) is 14.9 Å². The van der Waals surface area contributed by atoms with Gasteiger partial charge in [0, 0.05) is 29.9 Å². The molecular weight excluding hydrogens is 363 g/mol. The maximum Gasteiger partial charge on any atom is 0.324 e. The number of amides is 3. The lowest BCUT2D eigenvalue weighted by molar-refractivity contribution is 0.0548. The van der Waals surface area contributed by atoms with Gasteiger partial charge in [-0.3, -0.25) is 15.1 Å². The van der Waals surface area contributed by atoms with Crippen molar-refractivity contribution in [3.63, 3.8) is 0 Å². The summed E-state index contributed by atoms with van der Waals surface area (Å²) in [5.41, 5.74) is 4.07. The van der Waals surface area contributed by atoms with E-state index in [0.29, 0.717) is 37.6 Å². The Bertz CT molecular complexity index is 868. The van der Waals surface area contributed by atoms with Crippen LogP contribution in [0.1, 0.15) is 21.5 Å². The van der Waals surface area contributed by atoms with Gasteiger partial charge in [0.1, 0.15) is 5.82 Å². The number of hydrazine groups is 1. The van der Waals surface area contributed by atoms with Gasteiger partial charge in [-0.05, 0) is 36.8 Å². The van der Waals surface area contributed by atoms with Gasteiger partial charge in [0.05, 0.1) is 19.8 Å². The van der Waals surface area contributed by atoms with E-state index in [1.807, 2.05) is 36.6 Å². The number of nitrogens with two attached hydrogens (primary N) is 1. The second kappa shape index (κ2) is 8.81. The zero-order chi connectivity index (χ0) is 20.1. The number of nitrogens with one attached hydrogen (secondary N) is 1. The molecule has 1 fully saturated rings. The van der Waals surface area contributed by atoms with Gasteiger partial charge in [-0.1, -0.05) is 18.2 Å². The Morgan fingerprint density at radius 2 is 1.96 bits per heavy atom. The van der Waals surface area contributed by atoms with E-state index in [9.17, 15) is 14.0 Å². The fourth-order valence-corrected chi connectivity index (χ4v) is 3.06. The predicted octanol–water partition coefficient (Wildman–Crippen LogP) is 2.20. The van der Waals surface area contributed by atoms with Crippen LogP contribution < -0.4 is 16.2 Å². The molecule has 3 amide bonds.